The van der Waals surface area contributed by atoms with Crippen molar-refractivity contribution in [3.63, 3.8) is 0 Å². The fourth-order valence-corrected chi connectivity index (χ4v) is 1.52. The quantitative estimate of drug-likeness (QED) is 0.725. The fourth-order valence-electron chi connectivity index (χ4n) is 0.828. The van der Waals surface area contributed by atoms with Crippen LogP contribution in [0.3, 0.4) is 0 Å². The predicted molar refractivity (Wildman–Crippen MR) is 45.1 cm³/mol. The zero-order valence-electron chi connectivity index (χ0n) is 6.30. The van der Waals surface area contributed by atoms with Crippen molar-refractivity contribution in [1.29, 1.82) is 0 Å². The third-order valence-electron chi connectivity index (χ3n) is 1.32. The molecule has 0 aromatic heterocycles. The van der Waals surface area contributed by atoms with E-state index in [1.807, 2.05) is 0 Å². The molecule has 0 fully saturated rings. The van der Waals surface area contributed by atoms with E-state index >= 15 is 0 Å². The molecule has 0 aliphatic carbocycles. The Morgan fingerprint density at radius 1 is 1.38 bits per heavy atom. The fraction of sp³-hybridized carbons (Fsp3) is 0.143. The van der Waals surface area contributed by atoms with Crippen molar-refractivity contribution < 1.29 is 16.7 Å². The summed E-state index contributed by atoms with van der Waals surface area (Å²) >= 11 is 5.33. The first-order valence-corrected chi connectivity index (χ1v) is 5.18. The standard InChI is InChI=1S/C7H5ClF2O2S/c8-6-2-1-5(3-7(6)9)4-13(10,11)12/h1-3H,4H2. The van der Waals surface area contributed by atoms with Gasteiger partial charge in [0.25, 0.3) is 0 Å². The van der Waals surface area contributed by atoms with Crippen molar-refractivity contribution >= 4 is 21.8 Å². The maximum atomic E-state index is 12.7. The Morgan fingerprint density at radius 2 is 2.00 bits per heavy atom. The lowest BCUT2D eigenvalue weighted by atomic mass is 10.2. The lowest BCUT2D eigenvalue weighted by Gasteiger charge is -1.98. The Labute approximate surface area is 79.4 Å². The Morgan fingerprint density at radius 3 is 2.46 bits per heavy atom. The Bertz CT molecular complexity index is 417. The summed E-state index contributed by atoms with van der Waals surface area (Å²) < 4.78 is 45.2. The molecule has 2 nitrogen and oxygen atoms in total. The second-order valence-corrected chi connectivity index (χ2v) is 4.21. The summed E-state index contributed by atoms with van der Waals surface area (Å²) in [6, 6.07) is 3.32. The lowest BCUT2D eigenvalue weighted by Crippen LogP contribution is -1.96. The molecular formula is C7H5ClF2O2S. The molecule has 0 saturated heterocycles. The van der Waals surface area contributed by atoms with Gasteiger partial charge < -0.3 is 0 Å². The summed E-state index contributed by atoms with van der Waals surface area (Å²) in [5.74, 6) is -1.59. The molecule has 0 radical (unpaired) electrons. The van der Waals surface area contributed by atoms with E-state index in [2.05, 4.69) is 0 Å². The topological polar surface area (TPSA) is 34.1 Å². The van der Waals surface area contributed by atoms with E-state index in [-0.39, 0.29) is 10.6 Å². The molecule has 0 amide bonds. The zero-order valence-corrected chi connectivity index (χ0v) is 7.87. The van der Waals surface area contributed by atoms with Gasteiger partial charge in [-0.1, -0.05) is 17.7 Å². The van der Waals surface area contributed by atoms with Crippen LogP contribution in [0, 0.1) is 5.82 Å². The molecule has 0 unspecified atom stereocenters. The maximum absolute atomic E-state index is 12.7. The normalized spacial score (nSPS) is 11.6. The number of hydrogen-bond acceptors (Lipinski definition) is 2. The van der Waals surface area contributed by atoms with Gasteiger partial charge in [0.15, 0.2) is 0 Å². The number of halogens is 3. The van der Waals surface area contributed by atoms with Crippen molar-refractivity contribution in [2.24, 2.45) is 0 Å². The van der Waals surface area contributed by atoms with Gasteiger partial charge >= 0.3 is 10.2 Å². The summed E-state index contributed by atoms with van der Waals surface area (Å²) in [4.78, 5) is 0. The molecule has 1 rings (SSSR count). The SMILES string of the molecule is O=S(=O)(F)Cc1ccc(Cl)c(F)c1. The van der Waals surface area contributed by atoms with Gasteiger partial charge in [-0.25, -0.2) is 4.39 Å². The van der Waals surface area contributed by atoms with Crippen LogP contribution in [-0.4, -0.2) is 8.42 Å². The first kappa shape index (κ1) is 10.4. The van der Waals surface area contributed by atoms with Crippen LogP contribution in [0.5, 0.6) is 0 Å². The molecule has 1 aromatic rings. The van der Waals surface area contributed by atoms with Crippen LogP contribution in [0.4, 0.5) is 8.28 Å². The molecule has 0 saturated carbocycles. The summed E-state index contributed by atoms with van der Waals surface area (Å²) in [5.41, 5.74) is 0.0319. The second-order valence-electron chi connectivity index (χ2n) is 2.43. The summed E-state index contributed by atoms with van der Waals surface area (Å²) in [6.45, 7) is 0. The minimum atomic E-state index is -4.62. The molecule has 0 aliphatic heterocycles. The molecule has 0 aliphatic rings. The van der Waals surface area contributed by atoms with E-state index < -0.39 is 21.8 Å². The van der Waals surface area contributed by atoms with Crippen molar-refractivity contribution in [3.8, 4) is 0 Å². The Balaban J connectivity index is 2.99. The summed E-state index contributed by atoms with van der Waals surface area (Å²) in [5, 5.41) is -0.125. The lowest BCUT2D eigenvalue weighted by molar-refractivity contribution is 0.551. The Hall–Kier alpha value is -0.680. The zero-order chi connectivity index (χ0) is 10.1. The van der Waals surface area contributed by atoms with E-state index in [1.165, 1.54) is 12.1 Å². The highest BCUT2D eigenvalue weighted by Gasteiger charge is 2.10. The minimum absolute atomic E-state index is 0.0319. The van der Waals surface area contributed by atoms with Gasteiger partial charge in [0.05, 0.1) is 5.02 Å². The van der Waals surface area contributed by atoms with Crippen LogP contribution in [0.2, 0.25) is 5.02 Å². The predicted octanol–water partition coefficient (Wildman–Crippen LogP) is 2.28. The van der Waals surface area contributed by atoms with E-state index in [9.17, 15) is 16.7 Å². The first-order valence-electron chi connectivity index (χ1n) is 3.25. The smallest absolute Gasteiger partial charge is 0.205 e. The summed E-state index contributed by atoms with van der Waals surface area (Å²) in [7, 11) is -4.62. The van der Waals surface area contributed by atoms with E-state index in [0.717, 1.165) is 6.07 Å². The van der Waals surface area contributed by atoms with Gasteiger partial charge in [-0.05, 0) is 17.7 Å². The van der Waals surface area contributed by atoms with Gasteiger partial charge in [0.2, 0.25) is 0 Å². The second kappa shape index (κ2) is 3.59. The monoisotopic (exact) mass is 226 g/mol. The highest BCUT2D eigenvalue weighted by atomic mass is 35.5. The number of rotatable bonds is 2. The average molecular weight is 227 g/mol. The van der Waals surface area contributed by atoms with Crippen molar-refractivity contribution in [3.05, 3.63) is 34.6 Å². The van der Waals surface area contributed by atoms with Crippen LogP contribution in [0.1, 0.15) is 5.56 Å². The molecule has 0 N–H and O–H groups in total. The van der Waals surface area contributed by atoms with E-state index in [0.29, 0.717) is 0 Å². The molecule has 1 aromatic carbocycles. The molecule has 13 heavy (non-hydrogen) atoms. The number of hydrogen-bond donors (Lipinski definition) is 0. The summed E-state index contributed by atoms with van der Waals surface area (Å²) in [6.07, 6.45) is 0. The van der Waals surface area contributed by atoms with Crippen molar-refractivity contribution in [2.45, 2.75) is 5.75 Å². The van der Waals surface area contributed by atoms with Crippen LogP contribution in [0.15, 0.2) is 18.2 Å². The molecule has 72 valence electrons. The highest BCUT2D eigenvalue weighted by Crippen LogP contribution is 2.17. The Kier molecular flexibility index (Phi) is 2.87. The molecule has 0 heterocycles. The van der Waals surface area contributed by atoms with Crippen LogP contribution in [0.25, 0.3) is 0 Å². The third kappa shape index (κ3) is 3.28. The maximum Gasteiger partial charge on any atom is 0.306 e. The molecule has 6 heteroatoms. The van der Waals surface area contributed by atoms with Crippen LogP contribution >= 0.6 is 11.6 Å². The molecule has 0 atom stereocenters. The van der Waals surface area contributed by atoms with Crippen LogP contribution < -0.4 is 0 Å². The van der Waals surface area contributed by atoms with Gasteiger partial charge in [-0.15, -0.1) is 3.89 Å². The van der Waals surface area contributed by atoms with Crippen molar-refractivity contribution in [2.75, 3.05) is 0 Å². The highest BCUT2D eigenvalue weighted by molar-refractivity contribution is 7.85. The van der Waals surface area contributed by atoms with E-state index in [1.54, 1.807) is 0 Å². The largest absolute Gasteiger partial charge is 0.306 e. The minimum Gasteiger partial charge on any atom is -0.205 e. The number of benzene rings is 1. The molecule has 0 bridgehead atoms. The average Bonchev–Trinajstić information content (AvgIpc) is 1.94. The van der Waals surface area contributed by atoms with Gasteiger partial charge in [-0.2, -0.15) is 8.42 Å². The third-order valence-corrected chi connectivity index (χ3v) is 2.31. The first-order chi connectivity index (χ1) is 5.88. The van der Waals surface area contributed by atoms with Gasteiger partial charge in [0, 0.05) is 0 Å². The van der Waals surface area contributed by atoms with Crippen molar-refractivity contribution in [1.82, 2.24) is 0 Å². The van der Waals surface area contributed by atoms with Gasteiger partial charge in [-0.3, -0.25) is 0 Å². The van der Waals surface area contributed by atoms with E-state index in [4.69, 9.17) is 11.6 Å². The molecule has 0 spiro atoms. The van der Waals surface area contributed by atoms with Gasteiger partial charge in [0.1, 0.15) is 11.6 Å². The van der Waals surface area contributed by atoms with Crippen LogP contribution in [-0.2, 0) is 16.0 Å². The molecular weight excluding hydrogens is 222 g/mol.